The molecule has 4 nitrogen and oxygen atoms in total. The van der Waals surface area contributed by atoms with Gasteiger partial charge in [0.1, 0.15) is 5.25 Å². The van der Waals surface area contributed by atoms with Crippen molar-refractivity contribution < 1.29 is 13.2 Å². The number of amides is 1. The Bertz CT molecular complexity index is 301. The van der Waals surface area contributed by atoms with Crippen molar-refractivity contribution in [2.75, 3.05) is 5.75 Å². The third kappa shape index (κ3) is 4.09. The van der Waals surface area contributed by atoms with Crippen molar-refractivity contribution >= 4 is 15.7 Å². The normalized spacial score (nSPS) is 14.9. The molecule has 84 valence electrons. The summed E-state index contributed by atoms with van der Waals surface area (Å²) in [6.07, 6.45) is 0. The molecule has 14 heavy (non-hydrogen) atoms. The van der Waals surface area contributed by atoms with Crippen molar-refractivity contribution in [1.82, 2.24) is 5.32 Å². The van der Waals surface area contributed by atoms with Gasteiger partial charge >= 0.3 is 0 Å². The van der Waals surface area contributed by atoms with E-state index in [0.29, 0.717) is 0 Å². The minimum Gasteiger partial charge on any atom is -0.350 e. The second-order valence-corrected chi connectivity index (χ2v) is 6.94. The van der Waals surface area contributed by atoms with Crippen LogP contribution >= 0.6 is 0 Å². The summed E-state index contributed by atoms with van der Waals surface area (Å²) in [6.45, 7) is 8.40. The van der Waals surface area contributed by atoms with Gasteiger partial charge in [-0.3, -0.25) is 4.79 Å². The summed E-state index contributed by atoms with van der Waals surface area (Å²) >= 11 is 0. The fourth-order valence-corrected chi connectivity index (χ4v) is 1.77. The zero-order chi connectivity index (χ0) is 11.6. The molecule has 0 rings (SSSR count). The van der Waals surface area contributed by atoms with E-state index in [1.54, 1.807) is 0 Å². The molecule has 0 aromatic rings. The van der Waals surface area contributed by atoms with Crippen molar-refractivity contribution in [3.63, 3.8) is 0 Å². The zero-order valence-electron chi connectivity index (χ0n) is 9.42. The first-order chi connectivity index (χ1) is 6.10. The summed E-state index contributed by atoms with van der Waals surface area (Å²) in [4.78, 5) is 11.5. The summed E-state index contributed by atoms with van der Waals surface area (Å²) < 4.78 is 22.7. The van der Waals surface area contributed by atoms with Crippen LogP contribution in [0.1, 0.15) is 34.6 Å². The van der Waals surface area contributed by atoms with E-state index in [9.17, 15) is 13.2 Å². The molecule has 1 N–H and O–H groups in total. The Balaban J connectivity index is 4.58. The Kier molecular flexibility index (Phi) is 4.12. The highest BCUT2D eigenvalue weighted by molar-refractivity contribution is 7.92. The van der Waals surface area contributed by atoms with Crippen LogP contribution in [-0.4, -0.2) is 30.9 Å². The minimum absolute atomic E-state index is 0.00820. The average Bonchev–Trinajstić information content (AvgIpc) is 2.00. The number of rotatable bonds is 3. The lowest BCUT2D eigenvalue weighted by Crippen LogP contribution is -2.47. The van der Waals surface area contributed by atoms with E-state index in [4.69, 9.17) is 0 Å². The van der Waals surface area contributed by atoms with Crippen LogP contribution < -0.4 is 5.32 Å². The third-order valence-corrected chi connectivity index (χ3v) is 3.90. The molecular weight excluding hydrogens is 202 g/mol. The largest absolute Gasteiger partial charge is 0.350 e. The van der Waals surface area contributed by atoms with E-state index in [1.807, 2.05) is 20.8 Å². The van der Waals surface area contributed by atoms with Crippen molar-refractivity contribution in [2.45, 2.75) is 45.4 Å². The monoisotopic (exact) mass is 221 g/mol. The summed E-state index contributed by atoms with van der Waals surface area (Å²) in [5, 5.41) is 1.68. The van der Waals surface area contributed by atoms with Crippen LogP contribution in [0.4, 0.5) is 0 Å². The Morgan fingerprint density at radius 1 is 1.36 bits per heavy atom. The standard InChI is InChI=1S/C9H19NO3S/c1-6-14(12,13)7(2)8(11)10-9(3,4)5/h7H,6H2,1-5H3,(H,10,11)/t7-/m1/s1. The molecule has 0 aliphatic heterocycles. The molecular formula is C9H19NO3S. The van der Waals surface area contributed by atoms with E-state index in [0.717, 1.165) is 0 Å². The topological polar surface area (TPSA) is 63.2 Å². The van der Waals surface area contributed by atoms with Crippen molar-refractivity contribution in [3.8, 4) is 0 Å². The van der Waals surface area contributed by atoms with E-state index in [-0.39, 0.29) is 5.75 Å². The summed E-state index contributed by atoms with van der Waals surface area (Å²) in [7, 11) is -3.28. The van der Waals surface area contributed by atoms with Crippen LogP contribution in [0, 0.1) is 0 Å². The van der Waals surface area contributed by atoms with Crippen LogP contribution in [0.3, 0.4) is 0 Å². The lowest BCUT2D eigenvalue weighted by molar-refractivity contribution is -0.121. The molecule has 0 spiro atoms. The van der Waals surface area contributed by atoms with Gasteiger partial charge in [0, 0.05) is 11.3 Å². The fourth-order valence-electron chi connectivity index (χ4n) is 0.884. The molecule has 0 saturated carbocycles. The Labute approximate surface area is 86.0 Å². The van der Waals surface area contributed by atoms with E-state index in [2.05, 4.69) is 5.32 Å². The van der Waals surface area contributed by atoms with E-state index < -0.39 is 26.5 Å². The molecule has 0 saturated heterocycles. The first kappa shape index (κ1) is 13.4. The quantitative estimate of drug-likeness (QED) is 0.764. The predicted octanol–water partition coefficient (Wildman–Crippen LogP) is 0.724. The second kappa shape index (κ2) is 4.29. The molecule has 0 unspecified atom stereocenters. The third-order valence-electron chi connectivity index (χ3n) is 1.81. The average molecular weight is 221 g/mol. The smallest absolute Gasteiger partial charge is 0.238 e. The van der Waals surface area contributed by atoms with Crippen molar-refractivity contribution in [3.05, 3.63) is 0 Å². The Hall–Kier alpha value is -0.580. The highest BCUT2D eigenvalue weighted by Gasteiger charge is 2.28. The van der Waals surface area contributed by atoms with Gasteiger partial charge in [-0.05, 0) is 27.7 Å². The van der Waals surface area contributed by atoms with Crippen LogP contribution in [0.5, 0.6) is 0 Å². The Morgan fingerprint density at radius 2 is 1.79 bits per heavy atom. The molecule has 5 heteroatoms. The van der Waals surface area contributed by atoms with Gasteiger partial charge in [0.15, 0.2) is 9.84 Å². The number of hydrogen-bond donors (Lipinski definition) is 1. The lowest BCUT2D eigenvalue weighted by atomic mass is 10.1. The second-order valence-electron chi connectivity index (χ2n) is 4.33. The Morgan fingerprint density at radius 3 is 2.07 bits per heavy atom. The maximum absolute atomic E-state index is 11.5. The number of nitrogens with one attached hydrogen (secondary N) is 1. The van der Waals surface area contributed by atoms with Crippen LogP contribution in [0.2, 0.25) is 0 Å². The van der Waals surface area contributed by atoms with E-state index in [1.165, 1.54) is 13.8 Å². The molecule has 0 aromatic heterocycles. The fraction of sp³-hybridized carbons (Fsp3) is 0.889. The first-order valence-electron chi connectivity index (χ1n) is 4.63. The number of hydrogen-bond acceptors (Lipinski definition) is 3. The van der Waals surface area contributed by atoms with Gasteiger partial charge in [0.2, 0.25) is 5.91 Å². The van der Waals surface area contributed by atoms with Gasteiger partial charge in [0.05, 0.1) is 0 Å². The van der Waals surface area contributed by atoms with Gasteiger partial charge < -0.3 is 5.32 Å². The molecule has 0 fully saturated rings. The molecule has 0 aliphatic rings. The minimum atomic E-state index is -3.28. The van der Waals surface area contributed by atoms with Crippen LogP contribution in [0.25, 0.3) is 0 Å². The van der Waals surface area contributed by atoms with Gasteiger partial charge in [0.25, 0.3) is 0 Å². The molecule has 1 amide bonds. The van der Waals surface area contributed by atoms with Crippen molar-refractivity contribution in [2.24, 2.45) is 0 Å². The molecule has 0 heterocycles. The van der Waals surface area contributed by atoms with Crippen molar-refractivity contribution in [1.29, 1.82) is 0 Å². The highest BCUT2D eigenvalue weighted by atomic mass is 32.2. The van der Waals surface area contributed by atoms with Crippen LogP contribution in [0.15, 0.2) is 0 Å². The molecule has 1 atom stereocenters. The zero-order valence-corrected chi connectivity index (χ0v) is 10.2. The van der Waals surface area contributed by atoms with Gasteiger partial charge in [-0.15, -0.1) is 0 Å². The van der Waals surface area contributed by atoms with E-state index >= 15 is 0 Å². The number of sulfone groups is 1. The summed E-state index contributed by atoms with van der Waals surface area (Å²) in [6, 6.07) is 0. The lowest BCUT2D eigenvalue weighted by Gasteiger charge is -2.22. The van der Waals surface area contributed by atoms with Gasteiger partial charge in [-0.2, -0.15) is 0 Å². The van der Waals surface area contributed by atoms with Crippen LogP contribution in [-0.2, 0) is 14.6 Å². The highest BCUT2D eigenvalue weighted by Crippen LogP contribution is 2.05. The summed E-state index contributed by atoms with van der Waals surface area (Å²) in [5.74, 6) is -0.439. The maximum Gasteiger partial charge on any atom is 0.238 e. The first-order valence-corrected chi connectivity index (χ1v) is 6.35. The SMILES string of the molecule is CCS(=O)(=O)[C@H](C)C(=O)NC(C)(C)C. The molecule has 0 aliphatic carbocycles. The predicted molar refractivity (Wildman–Crippen MR) is 56.8 cm³/mol. The maximum atomic E-state index is 11.5. The molecule has 0 radical (unpaired) electrons. The van der Waals surface area contributed by atoms with Gasteiger partial charge in [-0.1, -0.05) is 6.92 Å². The molecule has 0 bridgehead atoms. The molecule has 0 aromatic carbocycles. The number of carbonyl (C=O) groups excluding carboxylic acids is 1. The summed E-state index contributed by atoms with van der Waals surface area (Å²) in [5.41, 5.74) is -0.394. The number of carbonyl (C=O) groups is 1. The van der Waals surface area contributed by atoms with Gasteiger partial charge in [-0.25, -0.2) is 8.42 Å².